The summed E-state index contributed by atoms with van der Waals surface area (Å²) in [4.78, 5) is 15.8. The van der Waals surface area contributed by atoms with Crippen LogP contribution in [0.2, 0.25) is 0 Å². The van der Waals surface area contributed by atoms with Crippen molar-refractivity contribution in [3.8, 4) is 16.4 Å². The zero-order valence-corrected chi connectivity index (χ0v) is 13.4. The number of rotatable bonds is 5. The van der Waals surface area contributed by atoms with Crippen LogP contribution in [0.4, 0.5) is 5.82 Å². The zero-order valence-electron chi connectivity index (χ0n) is 12.6. The summed E-state index contributed by atoms with van der Waals surface area (Å²) in [6.07, 6.45) is 1.96. The number of ether oxygens (including phenoxy) is 1. The first-order chi connectivity index (χ1) is 11.2. The van der Waals surface area contributed by atoms with E-state index in [4.69, 9.17) is 10.5 Å². The van der Waals surface area contributed by atoms with Crippen molar-refractivity contribution in [2.24, 2.45) is 0 Å². The van der Waals surface area contributed by atoms with Gasteiger partial charge in [0, 0.05) is 17.6 Å². The van der Waals surface area contributed by atoms with Crippen molar-refractivity contribution in [1.82, 2.24) is 14.8 Å². The van der Waals surface area contributed by atoms with Crippen molar-refractivity contribution in [2.45, 2.75) is 13.3 Å². The summed E-state index contributed by atoms with van der Waals surface area (Å²) in [5, 5.41) is 7.21. The lowest BCUT2D eigenvalue weighted by molar-refractivity contribution is -0.142. The number of nitrogens with two attached hydrogens (primary N) is 1. The molecular weight excluding hydrogens is 312 g/mol. The molecule has 6 nitrogen and oxygen atoms in total. The SMILES string of the molecule is CCOC(=O)Cc1cccc(-n2nc(-c3nccs3)cc2N)c1. The molecule has 3 rings (SSSR count). The molecule has 2 N–H and O–H groups in total. The van der Waals surface area contributed by atoms with Crippen molar-refractivity contribution < 1.29 is 9.53 Å². The van der Waals surface area contributed by atoms with Crippen LogP contribution in [-0.4, -0.2) is 27.3 Å². The predicted octanol–water partition coefficient (Wildman–Crippen LogP) is 2.68. The van der Waals surface area contributed by atoms with E-state index < -0.39 is 0 Å². The van der Waals surface area contributed by atoms with Crippen LogP contribution in [0.15, 0.2) is 41.9 Å². The minimum atomic E-state index is -0.249. The van der Waals surface area contributed by atoms with Crippen LogP contribution in [-0.2, 0) is 16.0 Å². The Labute approximate surface area is 137 Å². The van der Waals surface area contributed by atoms with E-state index in [-0.39, 0.29) is 12.4 Å². The van der Waals surface area contributed by atoms with Gasteiger partial charge in [0.15, 0.2) is 0 Å². The standard InChI is InChI=1S/C16H16N4O2S/c1-2-22-15(21)9-11-4-3-5-12(8-11)20-14(17)10-13(19-20)16-18-6-7-23-16/h3-8,10H,2,9,17H2,1H3. The summed E-state index contributed by atoms with van der Waals surface area (Å²) < 4.78 is 6.62. The Bertz CT molecular complexity index is 811. The molecule has 0 spiro atoms. The van der Waals surface area contributed by atoms with Gasteiger partial charge >= 0.3 is 5.97 Å². The second-order valence-electron chi connectivity index (χ2n) is 4.86. The van der Waals surface area contributed by atoms with Gasteiger partial charge in [0.1, 0.15) is 16.5 Å². The molecule has 0 saturated heterocycles. The maximum atomic E-state index is 11.6. The van der Waals surface area contributed by atoms with E-state index in [1.807, 2.05) is 29.6 Å². The average Bonchev–Trinajstić information content (AvgIpc) is 3.17. The van der Waals surface area contributed by atoms with E-state index in [9.17, 15) is 4.79 Å². The molecule has 0 saturated carbocycles. The third-order valence-corrected chi connectivity index (χ3v) is 3.99. The molecule has 0 fully saturated rings. The lowest BCUT2D eigenvalue weighted by atomic mass is 10.1. The summed E-state index contributed by atoms with van der Waals surface area (Å²) in [5.41, 5.74) is 8.45. The number of aromatic nitrogens is 3. The van der Waals surface area contributed by atoms with Gasteiger partial charge in [0.05, 0.1) is 18.7 Å². The minimum absolute atomic E-state index is 0.224. The van der Waals surface area contributed by atoms with E-state index in [0.717, 1.165) is 22.0 Å². The zero-order chi connectivity index (χ0) is 16.2. The fourth-order valence-corrected chi connectivity index (χ4v) is 2.83. The van der Waals surface area contributed by atoms with Gasteiger partial charge in [0.25, 0.3) is 0 Å². The molecule has 2 aromatic heterocycles. The van der Waals surface area contributed by atoms with Crippen molar-refractivity contribution in [3.05, 3.63) is 47.5 Å². The molecule has 0 aliphatic rings. The van der Waals surface area contributed by atoms with E-state index in [0.29, 0.717) is 12.4 Å². The largest absolute Gasteiger partial charge is 0.466 e. The van der Waals surface area contributed by atoms with Gasteiger partial charge in [-0.25, -0.2) is 9.67 Å². The Balaban J connectivity index is 1.89. The van der Waals surface area contributed by atoms with Gasteiger partial charge in [-0.1, -0.05) is 12.1 Å². The van der Waals surface area contributed by atoms with Crippen molar-refractivity contribution in [3.63, 3.8) is 0 Å². The number of anilines is 1. The van der Waals surface area contributed by atoms with E-state index >= 15 is 0 Å². The van der Waals surface area contributed by atoms with Crippen LogP contribution in [0, 0.1) is 0 Å². The third-order valence-electron chi connectivity index (χ3n) is 3.20. The first-order valence-corrected chi connectivity index (χ1v) is 8.05. The topological polar surface area (TPSA) is 83.0 Å². The molecular formula is C16H16N4O2S. The van der Waals surface area contributed by atoms with Crippen LogP contribution in [0.25, 0.3) is 16.4 Å². The lowest BCUT2D eigenvalue weighted by Gasteiger charge is -2.07. The summed E-state index contributed by atoms with van der Waals surface area (Å²) in [7, 11) is 0. The van der Waals surface area contributed by atoms with Crippen molar-refractivity contribution in [1.29, 1.82) is 0 Å². The highest BCUT2D eigenvalue weighted by atomic mass is 32.1. The fourth-order valence-electron chi connectivity index (χ4n) is 2.23. The number of benzene rings is 1. The highest BCUT2D eigenvalue weighted by molar-refractivity contribution is 7.13. The quantitative estimate of drug-likeness (QED) is 0.728. The van der Waals surface area contributed by atoms with E-state index in [2.05, 4.69) is 10.1 Å². The number of carbonyl (C=O) groups excluding carboxylic acids is 1. The van der Waals surface area contributed by atoms with Gasteiger partial charge in [-0.3, -0.25) is 4.79 Å². The number of nitrogen functional groups attached to an aromatic ring is 1. The molecule has 0 bridgehead atoms. The van der Waals surface area contributed by atoms with Crippen molar-refractivity contribution >= 4 is 23.1 Å². The maximum Gasteiger partial charge on any atom is 0.310 e. The monoisotopic (exact) mass is 328 g/mol. The minimum Gasteiger partial charge on any atom is -0.466 e. The van der Waals surface area contributed by atoms with Gasteiger partial charge in [-0.15, -0.1) is 11.3 Å². The summed E-state index contributed by atoms with van der Waals surface area (Å²) in [6.45, 7) is 2.17. The predicted molar refractivity (Wildman–Crippen MR) is 89.4 cm³/mol. The number of carbonyl (C=O) groups is 1. The highest BCUT2D eigenvalue weighted by Crippen LogP contribution is 2.24. The molecule has 0 aliphatic heterocycles. The summed E-state index contributed by atoms with van der Waals surface area (Å²) >= 11 is 1.51. The molecule has 23 heavy (non-hydrogen) atoms. The van der Waals surface area contributed by atoms with E-state index in [1.165, 1.54) is 11.3 Å². The molecule has 2 heterocycles. The Morgan fingerprint density at radius 2 is 2.26 bits per heavy atom. The number of hydrogen-bond acceptors (Lipinski definition) is 6. The number of nitrogens with zero attached hydrogens (tertiary/aromatic N) is 3. The third kappa shape index (κ3) is 3.40. The first-order valence-electron chi connectivity index (χ1n) is 7.17. The maximum absolute atomic E-state index is 11.6. The summed E-state index contributed by atoms with van der Waals surface area (Å²) in [5.74, 6) is 0.269. The molecule has 0 amide bonds. The van der Waals surface area contributed by atoms with Crippen LogP contribution >= 0.6 is 11.3 Å². The Hall–Kier alpha value is -2.67. The molecule has 0 unspecified atom stereocenters. The van der Waals surface area contributed by atoms with Gasteiger partial charge in [-0.2, -0.15) is 5.10 Å². The fraction of sp³-hybridized carbons (Fsp3) is 0.188. The van der Waals surface area contributed by atoms with Gasteiger partial charge in [-0.05, 0) is 24.6 Å². The first kappa shape index (κ1) is 15.2. The van der Waals surface area contributed by atoms with Crippen molar-refractivity contribution in [2.75, 3.05) is 12.3 Å². The molecule has 0 atom stereocenters. The number of thiazole rings is 1. The van der Waals surface area contributed by atoms with Crippen LogP contribution in [0.5, 0.6) is 0 Å². The molecule has 0 aliphatic carbocycles. The Kier molecular flexibility index (Phi) is 4.38. The number of hydrogen-bond donors (Lipinski definition) is 1. The molecule has 3 aromatic rings. The summed E-state index contributed by atoms with van der Waals surface area (Å²) in [6, 6.07) is 9.31. The molecule has 0 radical (unpaired) electrons. The molecule has 7 heteroatoms. The second-order valence-corrected chi connectivity index (χ2v) is 5.75. The van der Waals surface area contributed by atoms with Gasteiger partial charge < -0.3 is 10.5 Å². The second kappa shape index (κ2) is 6.62. The van der Waals surface area contributed by atoms with Crippen LogP contribution in [0.3, 0.4) is 0 Å². The van der Waals surface area contributed by atoms with E-state index in [1.54, 1.807) is 23.9 Å². The van der Waals surface area contributed by atoms with Gasteiger partial charge in [0.2, 0.25) is 0 Å². The molecule has 1 aromatic carbocycles. The smallest absolute Gasteiger partial charge is 0.310 e. The van der Waals surface area contributed by atoms with Crippen LogP contribution in [0.1, 0.15) is 12.5 Å². The normalized spacial score (nSPS) is 10.7. The molecule has 118 valence electrons. The van der Waals surface area contributed by atoms with Crippen LogP contribution < -0.4 is 5.73 Å². The highest BCUT2D eigenvalue weighted by Gasteiger charge is 2.12. The Morgan fingerprint density at radius 3 is 3.00 bits per heavy atom. The Morgan fingerprint density at radius 1 is 1.39 bits per heavy atom. The average molecular weight is 328 g/mol. The lowest BCUT2D eigenvalue weighted by Crippen LogP contribution is -2.08. The number of esters is 1.